The third-order valence-electron chi connectivity index (χ3n) is 2.55. The monoisotopic (exact) mass is 187 g/mol. The molecule has 0 saturated carbocycles. The van der Waals surface area contributed by atoms with E-state index in [0.717, 1.165) is 19.6 Å². The summed E-state index contributed by atoms with van der Waals surface area (Å²) in [5.41, 5.74) is 0. The molecule has 1 fully saturated rings. The third kappa shape index (κ3) is 2.66. The van der Waals surface area contributed by atoms with E-state index in [2.05, 4.69) is 25.7 Å². The highest BCUT2D eigenvalue weighted by Crippen LogP contribution is 2.22. The molecule has 0 aromatic heterocycles. The average Bonchev–Trinajstić information content (AvgIpc) is 2.43. The van der Waals surface area contributed by atoms with Gasteiger partial charge in [-0.1, -0.05) is 13.8 Å². The van der Waals surface area contributed by atoms with E-state index < -0.39 is 0 Å². The molecular weight excluding hydrogens is 166 g/mol. The molecule has 1 heterocycles. The first-order valence-corrected chi connectivity index (χ1v) is 5.15. The average molecular weight is 187 g/mol. The lowest BCUT2D eigenvalue weighted by Gasteiger charge is -2.28. The SMILES string of the molecule is CC(C)C1OCC(C)N1CCCO. The summed E-state index contributed by atoms with van der Waals surface area (Å²) in [5, 5.41) is 8.77. The summed E-state index contributed by atoms with van der Waals surface area (Å²) in [4.78, 5) is 2.35. The molecule has 2 unspecified atom stereocenters. The van der Waals surface area contributed by atoms with Crippen LogP contribution in [0.4, 0.5) is 0 Å². The summed E-state index contributed by atoms with van der Waals surface area (Å²) < 4.78 is 5.68. The highest BCUT2D eigenvalue weighted by molar-refractivity contribution is 4.78. The van der Waals surface area contributed by atoms with E-state index in [9.17, 15) is 0 Å². The normalized spacial score (nSPS) is 30.2. The van der Waals surface area contributed by atoms with Gasteiger partial charge in [-0.2, -0.15) is 0 Å². The van der Waals surface area contributed by atoms with E-state index >= 15 is 0 Å². The molecule has 1 N–H and O–H groups in total. The van der Waals surface area contributed by atoms with Crippen LogP contribution in [0.5, 0.6) is 0 Å². The van der Waals surface area contributed by atoms with Crippen LogP contribution in [0.2, 0.25) is 0 Å². The minimum Gasteiger partial charge on any atom is -0.396 e. The first-order valence-electron chi connectivity index (χ1n) is 5.15. The number of rotatable bonds is 4. The lowest BCUT2D eigenvalue weighted by molar-refractivity contribution is -0.00640. The van der Waals surface area contributed by atoms with E-state index in [1.54, 1.807) is 0 Å². The number of aliphatic hydroxyl groups is 1. The van der Waals surface area contributed by atoms with Crippen molar-refractivity contribution in [2.24, 2.45) is 5.92 Å². The molecule has 13 heavy (non-hydrogen) atoms. The van der Waals surface area contributed by atoms with Crippen molar-refractivity contribution < 1.29 is 9.84 Å². The van der Waals surface area contributed by atoms with E-state index in [-0.39, 0.29) is 12.8 Å². The Hall–Kier alpha value is -0.120. The van der Waals surface area contributed by atoms with Crippen molar-refractivity contribution in [1.82, 2.24) is 4.90 Å². The van der Waals surface area contributed by atoms with Gasteiger partial charge in [-0.15, -0.1) is 0 Å². The van der Waals surface area contributed by atoms with Gasteiger partial charge in [0, 0.05) is 19.2 Å². The van der Waals surface area contributed by atoms with Gasteiger partial charge in [-0.25, -0.2) is 0 Å². The van der Waals surface area contributed by atoms with E-state index in [1.807, 2.05) is 0 Å². The zero-order chi connectivity index (χ0) is 9.84. The van der Waals surface area contributed by atoms with Crippen LogP contribution in [0, 0.1) is 5.92 Å². The summed E-state index contributed by atoms with van der Waals surface area (Å²) in [5.74, 6) is 0.531. The Morgan fingerprint density at radius 2 is 2.23 bits per heavy atom. The molecule has 1 saturated heterocycles. The smallest absolute Gasteiger partial charge is 0.113 e. The van der Waals surface area contributed by atoms with E-state index in [0.29, 0.717) is 12.0 Å². The Morgan fingerprint density at radius 1 is 1.54 bits per heavy atom. The van der Waals surface area contributed by atoms with Crippen LogP contribution < -0.4 is 0 Å². The van der Waals surface area contributed by atoms with Gasteiger partial charge in [0.2, 0.25) is 0 Å². The second kappa shape index (κ2) is 4.94. The van der Waals surface area contributed by atoms with Gasteiger partial charge in [0.25, 0.3) is 0 Å². The number of hydrogen-bond acceptors (Lipinski definition) is 3. The number of nitrogens with zero attached hydrogens (tertiary/aromatic N) is 1. The molecule has 1 aliphatic rings. The lowest BCUT2D eigenvalue weighted by atomic mass is 10.1. The second-order valence-electron chi connectivity index (χ2n) is 4.13. The minimum atomic E-state index is 0.251. The third-order valence-corrected chi connectivity index (χ3v) is 2.55. The van der Waals surface area contributed by atoms with Crippen LogP contribution in [-0.2, 0) is 4.74 Å². The van der Waals surface area contributed by atoms with Crippen LogP contribution in [-0.4, -0.2) is 42.0 Å². The molecule has 0 radical (unpaired) electrons. The largest absolute Gasteiger partial charge is 0.396 e. The fraction of sp³-hybridized carbons (Fsp3) is 1.00. The van der Waals surface area contributed by atoms with Gasteiger partial charge < -0.3 is 9.84 Å². The Labute approximate surface area is 80.7 Å². The molecule has 2 atom stereocenters. The first kappa shape index (κ1) is 11.0. The Balaban J connectivity index is 2.45. The molecule has 1 rings (SSSR count). The predicted octanol–water partition coefficient (Wildman–Crippen LogP) is 1.07. The first-order chi connectivity index (χ1) is 6.16. The zero-order valence-corrected chi connectivity index (χ0v) is 8.86. The zero-order valence-electron chi connectivity index (χ0n) is 8.86. The number of aliphatic hydroxyl groups excluding tert-OH is 1. The van der Waals surface area contributed by atoms with Crippen molar-refractivity contribution in [3.63, 3.8) is 0 Å². The van der Waals surface area contributed by atoms with E-state index in [4.69, 9.17) is 9.84 Å². The van der Waals surface area contributed by atoms with Gasteiger partial charge in [0.1, 0.15) is 6.23 Å². The molecule has 0 aliphatic carbocycles. The van der Waals surface area contributed by atoms with Crippen molar-refractivity contribution >= 4 is 0 Å². The predicted molar refractivity (Wildman–Crippen MR) is 52.4 cm³/mol. The van der Waals surface area contributed by atoms with Crippen molar-refractivity contribution in [3.05, 3.63) is 0 Å². The van der Waals surface area contributed by atoms with Crippen molar-refractivity contribution in [3.8, 4) is 0 Å². The van der Waals surface area contributed by atoms with Crippen LogP contribution in [0.3, 0.4) is 0 Å². The Bertz CT molecular complexity index is 150. The molecule has 0 bridgehead atoms. The van der Waals surface area contributed by atoms with Crippen LogP contribution in [0.25, 0.3) is 0 Å². The summed E-state index contributed by atoms with van der Waals surface area (Å²) in [6.45, 7) is 8.58. The maximum absolute atomic E-state index is 8.77. The molecular formula is C10H21NO2. The molecule has 78 valence electrons. The Kier molecular flexibility index (Phi) is 4.16. The molecule has 3 nitrogen and oxygen atoms in total. The summed E-state index contributed by atoms with van der Waals surface area (Å²) in [6, 6.07) is 0.499. The molecule has 0 spiro atoms. The number of hydrogen-bond donors (Lipinski definition) is 1. The maximum Gasteiger partial charge on any atom is 0.113 e. The molecule has 0 aromatic carbocycles. The number of ether oxygens (including phenoxy) is 1. The second-order valence-corrected chi connectivity index (χ2v) is 4.13. The molecule has 0 aromatic rings. The minimum absolute atomic E-state index is 0.251. The molecule has 1 aliphatic heterocycles. The summed E-state index contributed by atoms with van der Waals surface area (Å²) in [6.07, 6.45) is 1.10. The van der Waals surface area contributed by atoms with Crippen LogP contribution in [0.15, 0.2) is 0 Å². The standard InChI is InChI=1S/C10H21NO2/c1-8(2)10-11(5-4-6-12)9(3)7-13-10/h8-10,12H,4-7H2,1-3H3. The van der Waals surface area contributed by atoms with Crippen molar-refractivity contribution in [2.75, 3.05) is 19.8 Å². The summed E-state index contributed by atoms with van der Waals surface area (Å²) in [7, 11) is 0. The van der Waals surface area contributed by atoms with Crippen LogP contribution >= 0.6 is 0 Å². The van der Waals surface area contributed by atoms with Crippen molar-refractivity contribution in [2.45, 2.75) is 39.5 Å². The molecule has 0 amide bonds. The Morgan fingerprint density at radius 3 is 2.77 bits per heavy atom. The van der Waals surface area contributed by atoms with Gasteiger partial charge in [0.15, 0.2) is 0 Å². The highest BCUT2D eigenvalue weighted by atomic mass is 16.5. The van der Waals surface area contributed by atoms with Crippen LogP contribution in [0.1, 0.15) is 27.2 Å². The maximum atomic E-state index is 8.77. The fourth-order valence-electron chi connectivity index (χ4n) is 1.86. The van der Waals surface area contributed by atoms with Crippen molar-refractivity contribution in [1.29, 1.82) is 0 Å². The van der Waals surface area contributed by atoms with Gasteiger partial charge >= 0.3 is 0 Å². The summed E-state index contributed by atoms with van der Waals surface area (Å²) >= 11 is 0. The lowest BCUT2D eigenvalue weighted by Crippen LogP contribution is -2.39. The topological polar surface area (TPSA) is 32.7 Å². The van der Waals surface area contributed by atoms with E-state index in [1.165, 1.54) is 0 Å². The van der Waals surface area contributed by atoms with Gasteiger partial charge in [-0.3, -0.25) is 4.90 Å². The van der Waals surface area contributed by atoms with Gasteiger partial charge in [0.05, 0.1) is 6.61 Å². The highest BCUT2D eigenvalue weighted by Gasteiger charge is 2.32. The molecule has 3 heteroatoms. The quantitative estimate of drug-likeness (QED) is 0.714. The van der Waals surface area contributed by atoms with Gasteiger partial charge in [-0.05, 0) is 19.3 Å². The fourth-order valence-corrected chi connectivity index (χ4v) is 1.86.